The van der Waals surface area contributed by atoms with E-state index in [1.54, 1.807) is 36.9 Å². The van der Waals surface area contributed by atoms with Crippen molar-refractivity contribution in [2.24, 2.45) is 0 Å². The Kier molecular flexibility index (Phi) is 3.91. The monoisotopic (exact) mass is 344 g/mol. The van der Waals surface area contributed by atoms with Crippen LogP contribution in [0.2, 0.25) is 0 Å². The minimum absolute atomic E-state index is 0.0640. The SMILES string of the molecule is O=C(O)c1ccn(-c2cc(-c3ccccn3)nc(-c3cccnc3)n2)n1. The molecule has 126 valence electrons. The van der Waals surface area contributed by atoms with Crippen molar-refractivity contribution in [3.05, 3.63) is 72.9 Å². The molecule has 8 heteroatoms. The fourth-order valence-electron chi connectivity index (χ4n) is 2.39. The van der Waals surface area contributed by atoms with Gasteiger partial charge in [-0.1, -0.05) is 6.07 Å². The molecule has 1 N–H and O–H groups in total. The topological polar surface area (TPSA) is 107 Å². The van der Waals surface area contributed by atoms with Crippen molar-refractivity contribution in [2.45, 2.75) is 0 Å². The van der Waals surface area contributed by atoms with Gasteiger partial charge in [0.25, 0.3) is 0 Å². The van der Waals surface area contributed by atoms with E-state index in [-0.39, 0.29) is 5.69 Å². The van der Waals surface area contributed by atoms with Crippen LogP contribution in [0, 0.1) is 0 Å². The Morgan fingerprint density at radius 3 is 2.62 bits per heavy atom. The normalized spacial score (nSPS) is 10.6. The first-order chi connectivity index (χ1) is 12.7. The number of nitrogens with zero attached hydrogens (tertiary/aromatic N) is 6. The van der Waals surface area contributed by atoms with E-state index in [2.05, 4.69) is 25.0 Å². The maximum atomic E-state index is 11.1. The van der Waals surface area contributed by atoms with Crippen molar-refractivity contribution < 1.29 is 9.90 Å². The molecule has 4 aromatic heterocycles. The van der Waals surface area contributed by atoms with Crippen LogP contribution in [0.3, 0.4) is 0 Å². The van der Waals surface area contributed by atoms with Crippen molar-refractivity contribution in [1.29, 1.82) is 0 Å². The average molecular weight is 344 g/mol. The first-order valence-electron chi connectivity index (χ1n) is 7.71. The first-order valence-corrected chi connectivity index (χ1v) is 7.71. The lowest BCUT2D eigenvalue weighted by atomic mass is 10.2. The number of rotatable bonds is 4. The van der Waals surface area contributed by atoms with E-state index in [1.807, 2.05) is 24.3 Å². The number of hydrogen-bond donors (Lipinski definition) is 1. The highest BCUT2D eigenvalue weighted by Gasteiger charge is 2.13. The molecule has 0 aromatic carbocycles. The van der Waals surface area contributed by atoms with Crippen LogP contribution < -0.4 is 0 Å². The smallest absolute Gasteiger partial charge is 0.356 e. The molecule has 4 aromatic rings. The maximum Gasteiger partial charge on any atom is 0.356 e. The third kappa shape index (κ3) is 3.03. The second-order valence-corrected chi connectivity index (χ2v) is 5.34. The molecule has 0 aliphatic heterocycles. The van der Waals surface area contributed by atoms with Crippen molar-refractivity contribution in [3.63, 3.8) is 0 Å². The molecule has 0 fully saturated rings. The molecule has 0 saturated heterocycles. The largest absolute Gasteiger partial charge is 0.476 e. The molecule has 26 heavy (non-hydrogen) atoms. The van der Waals surface area contributed by atoms with E-state index in [4.69, 9.17) is 5.11 Å². The predicted molar refractivity (Wildman–Crippen MR) is 92.6 cm³/mol. The summed E-state index contributed by atoms with van der Waals surface area (Å²) in [6, 6.07) is 12.3. The summed E-state index contributed by atoms with van der Waals surface area (Å²) in [4.78, 5) is 28.6. The van der Waals surface area contributed by atoms with Crippen molar-refractivity contribution in [3.8, 4) is 28.6 Å². The molecule has 0 saturated carbocycles. The van der Waals surface area contributed by atoms with E-state index in [9.17, 15) is 4.79 Å². The molecule has 0 amide bonds. The molecule has 4 rings (SSSR count). The van der Waals surface area contributed by atoms with Gasteiger partial charge in [0.05, 0.1) is 11.4 Å². The van der Waals surface area contributed by atoms with Crippen LogP contribution in [0.15, 0.2) is 67.3 Å². The van der Waals surface area contributed by atoms with Crippen LogP contribution in [0.1, 0.15) is 10.5 Å². The summed E-state index contributed by atoms with van der Waals surface area (Å²) in [5, 5.41) is 13.1. The van der Waals surface area contributed by atoms with Crippen LogP contribution in [0.25, 0.3) is 28.6 Å². The van der Waals surface area contributed by atoms with Crippen molar-refractivity contribution in [2.75, 3.05) is 0 Å². The summed E-state index contributed by atoms with van der Waals surface area (Å²) in [5.74, 6) is -0.217. The predicted octanol–water partition coefficient (Wildman–Crippen LogP) is 2.48. The number of hydrogen-bond acceptors (Lipinski definition) is 6. The summed E-state index contributed by atoms with van der Waals surface area (Å²) >= 11 is 0. The Morgan fingerprint density at radius 1 is 1.00 bits per heavy atom. The molecule has 0 aliphatic carbocycles. The summed E-state index contributed by atoms with van der Waals surface area (Å²) < 4.78 is 1.40. The lowest BCUT2D eigenvalue weighted by Gasteiger charge is -2.08. The molecule has 0 aliphatic rings. The Balaban J connectivity index is 1.89. The van der Waals surface area contributed by atoms with Gasteiger partial charge in [-0.05, 0) is 30.3 Å². The number of carboxylic acids is 1. The van der Waals surface area contributed by atoms with Gasteiger partial charge < -0.3 is 5.11 Å². The molecule has 8 nitrogen and oxygen atoms in total. The number of aromatic carboxylic acids is 1. The van der Waals surface area contributed by atoms with Crippen LogP contribution >= 0.6 is 0 Å². The van der Waals surface area contributed by atoms with Gasteiger partial charge in [-0.15, -0.1) is 0 Å². The van der Waals surface area contributed by atoms with Gasteiger partial charge in [-0.3, -0.25) is 9.97 Å². The van der Waals surface area contributed by atoms with Crippen molar-refractivity contribution in [1.82, 2.24) is 29.7 Å². The van der Waals surface area contributed by atoms with Gasteiger partial charge >= 0.3 is 5.97 Å². The van der Waals surface area contributed by atoms with Gasteiger partial charge in [-0.2, -0.15) is 5.10 Å². The third-order valence-corrected chi connectivity index (χ3v) is 3.60. The minimum Gasteiger partial charge on any atom is -0.476 e. The zero-order valence-electron chi connectivity index (χ0n) is 13.4. The number of pyridine rings is 2. The van der Waals surface area contributed by atoms with E-state index in [0.29, 0.717) is 23.0 Å². The highest BCUT2D eigenvalue weighted by atomic mass is 16.4. The molecule has 0 atom stereocenters. The van der Waals surface area contributed by atoms with Crippen molar-refractivity contribution >= 4 is 5.97 Å². The van der Waals surface area contributed by atoms with Gasteiger partial charge in [0.15, 0.2) is 17.3 Å². The maximum absolute atomic E-state index is 11.1. The highest BCUT2D eigenvalue weighted by molar-refractivity contribution is 5.85. The second-order valence-electron chi connectivity index (χ2n) is 5.34. The highest BCUT2D eigenvalue weighted by Crippen LogP contribution is 2.22. The summed E-state index contributed by atoms with van der Waals surface area (Å²) in [6.45, 7) is 0. The Labute approximate surface area is 147 Å². The van der Waals surface area contributed by atoms with Crippen LogP contribution in [0.4, 0.5) is 0 Å². The van der Waals surface area contributed by atoms with Gasteiger partial charge in [-0.25, -0.2) is 19.4 Å². The minimum atomic E-state index is -1.10. The number of carboxylic acid groups (broad SMARTS) is 1. The lowest BCUT2D eigenvalue weighted by Crippen LogP contribution is -2.05. The number of carbonyl (C=O) groups is 1. The second kappa shape index (κ2) is 6.52. The van der Waals surface area contributed by atoms with Crippen LogP contribution in [-0.2, 0) is 0 Å². The quantitative estimate of drug-likeness (QED) is 0.606. The van der Waals surface area contributed by atoms with Gasteiger partial charge in [0.1, 0.15) is 0 Å². The Bertz CT molecular complexity index is 1010. The first kappa shape index (κ1) is 15.6. The fourth-order valence-corrected chi connectivity index (χ4v) is 2.39. The Morgan fingerprint density at radius 2 is 1.92 bits per heavy atom. The third-order valence-electron chi connectivity index (χ3n) is 3.60. The van der Waals surface area contributed by atoms with Crippen LogP contribution in [0.5, 0.6) is 0 Å². The molecular weight excluding hydrogens is 332 g/mol. The van der Waals surface area contributed by atoms with E-state index >= 15 is 0 Å². The van der Waals surface area contributed by atoms with E-state index < -0.39 is 5.97 Å². The standard InChI is InChI=1S/C18H12N6O2/c25-18(26)14-6-9-24(23-14)16-10-15(13-5-1-2-8-20-13)21-17(22-16)12-4-3-7-19-11-12/h1-11H,(H,25,26). The van der Waals surface area contributed by atoms with Gasteiger partial charge in [0.2, 0.25) is 0 Å². The molecule has 4 heterocycles. The van der Waals surface area contributed by atoms with Crippen LogP contribution in [-0.4, -0.2) is 40.8 Å². The molecular formula is C18H12N6O2. The van der Waals surface area contributed by atoms with E-state index in [0.717, 1.165) is 5.56 Å². The molecule has 0 bridgehead atoms. The summed E-state index contributed by atoms with van der Waals surface area (Å²) in [7, 11) is 0. The molecule has 0 radical (unpaired) electrons. The van der Waals surface area contributed by atoms with Gasteiger partial charge in [0, 0.05) is 36.4 Å². The molecule has 0 unspecified atom stereocenters. The zero-order valence-corrected chi connectivity index (χ0v) is 13.4. The Hall–Kier alpha value is -3.94. The molecule has 0 spiro atoms. The van der Waals surface area contributed by atoms with E-state index in [1.165, 1.54) is 10.7 Å². The number of aromatic nitrogens is 6. The average Bonchev–Trinajstić information content (AvgIpc) is 3.20. The lowest BCUT2D eigenvalue weighted by molar-refractivity contribution is 0.0690. The fraction of sp³-hybridized carbons (Fsp3) is 0. The zero-order chi connectivity index (χ0) is 17.9. The summed E-state index contributed by atoms with van der Waals surface area (Å²) in [6.07, 6.45) is 6.55. The summed E-state index contributed by atoms with van der Waals surface area (Å²) in [5.41, 5.74) is 1.94.